The normalized spacial score (nSPS) is 11.9. The summed E-state index contributed by atoms with van der Waals surface area (Å²) in [6, 6.07) is 0.700. The first-order valence-corrected chi connectivity index (χ1v) is 14.1. The first-order chi connectivity index (χ1) is 17.8. The van der Waals surface area contributed by atoms with Crippen LogP contribution < -0.4 is 10.6 Å². The Bertz CT molecular complexity index is 573. The van der Waals surface area contributed by atoms with Crippen molar-refractivity contribution in [1.29, 1.82) is 0 Å². The molecule has 0 aromatic carbocycles. The van der Waals surface area contributed by atoms with E-state index in [0.717, 1.165) is 57.3 Å². The molecule has 0 rings (SSSR count). The molecule has 1 amide bonds. The molecule has 0 aliphatic heterocycles. The summed E-state index contributed by atoms with van der Waals surface area (Å²) in [7, 11) is 2.06. The molecule has 0 aliphatic rings. The second-order valence-corrected chi connectivity index (χ2v) is 9.81. The first-order valence-electron chi connectivity index (χ1n) is 14.1. The number of unbranched alkanes of at least 4 members (excludes halogenated alkanes) is 3. The van der Waals surface area contributed by atoms with Gasteiger partial charge < -0.3 is 34.5 Å². The van der Waals surface area contributed by atoms with Gasteiger partial charge in [0.1, 0.15) is 0 Å². The average molecular weight is 529 g/mol. The fourth-order valence-corrected chi connectivity index (χ4v) is 3.41. The molecule has 2 N–H and O–H groups in total. The van der Waals surface area contributed by atoms with Crippen molar-refractivity contribution in [3.8, 4) is 0 Å². The van der Waals surface area contributed by atoms with E-state index in [-0.39, 0.29) is 11.9 Å². The van der Waals surface area contributed by atoms with Crippen molar-refractivity contribution in [2.45, 2.75) is 84.7 Å². The third kappa shape index (κ3) is 27.3. The number of nitrogens with one attached hydrogen (secondary N) is 2. The largest absolute Gasteiger partial charge is 0.379 e. The van der Waals surface area contributed by atoms with Crippen LogP contribution in [0.2, 0.25) is 0 Å². The Morgan fingerprint density at radius 2 is 1.35 bits per heavy atom. The number of nitrogens with zero attached hydrogens (tertiary/aromatic N) is 2. The Hall–Kier alpha value is -1.52. The van der Waals surface area contributed by atoms with Gasteiger partial charge in [0, 0.05) is 51.4 Å². The minimum atomic E-state index is 0.144. The summed E-state index contributed by atoms with van der Waals surface area (Å²) in [6.07, 6.45) is 8.57. The molecule has 0 fully saturated rings. The van der Waals surface area contributed by atoms with Crippen molar-refractivity contribution in [3.63, 3.8) is 0 Å². The van der Waals surface area contributed by atoms with Crippen LogP contribution in [-0.4, -0.2) is 103 Å². The number of allylic oxidation sites excluding steroid dienone is 1. The predicted octanol–water partition coefficient (Wildman–Crippen LogP) is 3.78. The Kier molecular flexibility index (Phi) is 25.0. The molecule has 0 aromatic heterocycles. The van der Waals surface area contributed by atoms with Crippen LogP contribution in [0.25, 0.3) is 0 Å². The molecule has 9 heteroatoms. The summed E-state index contributed by atoms with van der Waals surface area (Å²) in [5, 5.41) is 6.23. The number of carbonyl (C=O) groups excluding carboxylic acids is 1. The number of hydrogen-bond acceptors (Lipinski definition) is 8. The lowest BCUT2D eigenvalue weighted by molar-refractivity contribution is -0.121. The van der Waals surface area contributed by atoms with E-state index < -0.39 is 0 Å². The second-order valence-electron chi connectivity index (χ2n) is 9.81. The molecular weight excluding hydrogens is 472 g/mol. The standard InChI is InChI=1S/C28H56N4O5/c1-25(2)30-14-17-35-19-21-37-23-22-36-20-18-34-16-11-9-12-27(29-5)24-32(6)15-10-7-8-13-28(33)31-26(3)4/h24-26,30H,5,7-23H2,1-4,6H3,(H,31,33)/b27-24-. The van der Waals surface area contributed by atoms with E-state index in [1.54, 1.807) is 0 Å². The fraction of sp³-hybridized carbons (Fsp3) is 0.857. The second kappa shape index (κ2) is 26.1. The summed E-state index contributed by atoms with van der Waals surface area (Å²) in [6.45, 7) is 18.7. The highest BCUT2D eigenvalue weighted by atomic mass is 16.6. The third-order valence-electron chi connectivity index (χ3n) is 5.32. The summed E-state index contributed by atoms with van der Waals surface area (Å²) in [5.41, 5.74) is 1.000. The molecule has 218 valence electrons. The topological polar surface area (TPSA) is 93.7 Å². The SMILES string of the molecule is C=N/C(=C\N(C)CCCCCC(=O)NC(C)C)CCCCOCCOCCOCCOCCNC(C)C. The maximum Gasteiger partial charge on any atom is 0.220 e. The zero-order valence-electron chi connectivity index (χ0n) is 24.4. The molecular formula is C28H56N4O5. The molecule has 0 bridgehead atoms. The van der Waals surface area contributed by atoms with Crippen LogP contribution in [-0.2, 0) is 23.7 Å². The monoisotopic (exact) mass is 528 g/mol. The molecule has 0 unspecified atom stereocenters. The third-order valence-corrected chi connectivity index (χ3v) is 5.32. The van der Waals surface area contributed by atoms with Gasteiger partial charge in [-0.25, -0.2) is 0 Å². The van der Waals surface area contributed by atoms with Gasteiger partial charge in [-0.3, -0.25) is 9.79 Å². The van der Waals surface area contributed by atoms with E-state index in [1.165, 1.54) is 0 Å². The molecule has 0 atom stereocenters. The van der Waals surface area contributed by atoms with Crippen molar-refractivity contribution in [2.24, 2.45) is 4.99 Å². The van der Waals surface area contributed by atoms with Crippen molar-refractivity contribution >= 4 is 12.6 Å². The number of rotatable bonds is 27. The van der Waals surface area contributed by atoms with Gasteiger partial charge >= 0.3 is 0 Å². The van der Waals surface area contributed by atoms with Crippen molar-refractivity contribution in [2.75, 3.05) is 73.0 Å². The molecule has 0 saturated heterocycles. The summed E-state index contributed by atoms with van der Waals surface area (Å²) in [5.74, 6) is 0.144. The lowest BCUT2D eigenvalue weighted by Gasteiger charge is -2.15. The molecule has 37 heavy (non-hydrogen) atoms. The van der Waals surface area contributed by atoms with E-state index in [9.17, 15) is 4.79 Å². The lowest BCUT2D eigenvalue weighted by atomic mass is 10.1. The van der Waals surface area contributed by atoms with Gasteiger partial charge in [0.05, 0.1) is 51.9 Å². The maximum atomic E-state index is 11.7. The van der Waals surface area contributed by atoms with Gasteiger partial charge in [-0.2, -0.15) is 0 Å². The highest BCUT2D eigenvalue weighted by Gasteiger charge is 2.03. The lowest BCUT2D eigenvalue weighted by Crippen LogP contribution is -2.29. The van der Waals surface area contributed by atoms with Crippen LogP contribution >= 0.6 is 0 Å². The quantitative estimate of drug-likeness (QED) is 0.124. The smallest absolute Gasteiger partial charge is 0.220 e. The Morgan fingerprint density at radius 1 is 0.784 bits per heavy atom. The summed E-state index contributed by atoms with van der Waals surface area (Å²) >= 11 is 0. The Balaban J connectivity index is 3.53. The molecule has 0 saturated carbocycles. The van der Waals surface area contributed by atoms with Gasteiger partial charge in [-0.15, -0.1) is 0 Å². The average Bonchev–Trinajstić information content (AvgIpc) is 2.84. The molecule has 0 aromatic rings. The van der Waals surface area contributed by atoms with Crippen molar-refractivity contribution in [3.05, 3.63) is 11.9 Å². The highest BCUT2D eigenvalue weighted by molar-refractivity contribution is 5.76. The van der Waals surface area contributed by atoms with Gasteiger partial charge in [-0.05, 0) is 52.7 Å². The molecule has 0 radical (unpaired) electrons. The number of hydrogen-bond donors (Lipinski definition) is 2. The van der Waals surface area contributed by atoms with Crippen LogP contribution in [0.15, 0.2) is 16.9 Å². The fourth-order valence-electron chi connectivity index (χ4n) is 3.41. The first kappa shape index (κ1) is 35.5. The predicted molar refractivity (Wildman–Crippen MR) is 152 cm³/mol. The van der Waals surface area contributed by atoms with Crippen molar-refractivity contribution < 1.29 is 23.7 Å². The van der Waals surface area contributed by atoms with Gasteiger partial charge in [-0.1, -0.05) is 20.3 Å². The van der Waals surface area contributed by atoms with E-state index in [0.29, 0.717) is 65.3 Å². The van der Waals surface area contributed by atoms with E-state index >= 15 is 0 Å². The van der Waals surface area contributed by atoms with Gasteiger partial charge in [0.15, 0.2) is 0 Å². The van der Waals surface area contributed by atoms with E-state index in [2.05, 4.69) is 54.3 Å². The maximum absolute atomic E-state index is 11.7. The van der Waals surface area contributed by atoms with Crippen LogP contribution in [0.3, 0.4) is 0 Å². The molecule has 0 heterocycles. The van der Waals surface area contributed by atoms with Gasteiger partial charge in [0.25, 0.3) is 0 Å². The summed E-state index contributed by atoms with van der Waals surface area (Å²) < 4.78 is 22.1. The van der Waals surface area contributed by atoms with E-state index in [1.807, 2.05) is 13.8 Å². The minimum absolute atomic E-state index is 0.144. The minimum Gasteiger partial charge on any atom is -0.379 e. The number of amides is 1. The highest BCUT2D eigenvalue weighted by Crippen LogP contribution is 2.10. The number of aliphatic imine (C=N–C) groups is 1. The van der Waals surface area contributed by atoms with Crippen LogP contribution in [0.1, 0.15) is 72.6 Å². The van der Waals surface area contributed by atoms with Crippen LogP contribution in [0, 0.1) is 0 Å². The van der Waals surface area contributed by atoms with Crippen LogP contribution in [0.4, 0.5) is 0 Å². The molecule has 0 aliphatic carbocycles. The van der Waals surface area contributed by atoms with Crippen molar-refractivity contribution in [1.82, 2.24) is 15.5 Å². The zero-order chi connectivity index (χ0) is 27.6. The Labute approximate surface area is 226 Å². The number of carbonyl (C=O) groups is 1. The Morgan fingerprint density at radius 3 is 1.92 bits per heavy atom. The molecule has 0 spiro atoms. The van der Waals surface area contributed by atoms with Crippen LogP contribution in [0.5, 0.6) is 0 Å². The number of ether oxygens (including phenoxy) is 4. The van der Waals surface area contributed by atoms with E-state index in [4.69, 9.17) is 18.9 Å². The summed E-state index contributed by atoms with van der Waals surface area (Å²) in [4.78, 5) is 18.0. The van der Waals surface area contributed by atoms with Gasteiger partial charge in [0.2, 0.25) is 5.91 Å². The molecule has 9 nitrogen and oxygen atoms in total. The zero-order valence-corrected chi connectivity index (χ0v) is 24.4.